The van der Waals surface area contributed by atoms with Crippen molar-refractivity contribution in [1.82, 2.24) is 0 Å². The first-order valence-corrected chi connectivity index (χ1v) is 14.5. The van der Waals surface area contributed by atoms with Crippen LogP contribution in [0.4, 0.5) is 0 Å². The van der Waals surface area contributed by atoms with Crippen LogP contribution in [0.15, 0.2) is 0 Å². The maximum Gasteiger partial charge on any atom is 0.312 e. The van der Waals surface area contributed by atoms with E-state index in [4.69, 9.17) is 14.2 Å². The minimum Gasteiger partial charge on any atom is -0.550 e. The number of carbonyl (C=O) groups is 4. The van der Waals surface area contributed by atoms with Gasteiger partial charge in [-0.05, 0) is 53.4 Å². The minimum absolute atomic E-state index is 0.330. The maximum atomic E-state index is 12.7. The number of ether oxygens (including phenoxy) is 3. The van der Waals surface area contributed by atoms with Crippen molar-refractivity contribution in [2.75, 3.05) is 68.6 Å². The highest BCUT2D eigenvalue weighted by molar-refractivity contribution is 5.77. The van der Waals surface area contributed by atoms with Crippen molar-refractivity contribution < 1.29 is 52.6 Å². The van der Waals surface area contributed by atoms with E-state index in [2.05, 4.69) is 0 Å². The predicted octanol–water partition coefficient (Wildman–Crippen LogP) is 0.912. The lowest BCUT2D eigenvalue weighted by molar-refractivity contribution is -0.873. The molecule has 0 fully saturated rings. The summed E-state index contributed by atoms with van der Waals surface area (Å²) in [5, 5.41) is 22.2. The summed E-state index contributed by atoms with van der Waals surface area (Å²) < 4.78 is 17.8. The first-order valence-electron chi connectivity index (χ1n) is 14.5. The molecule has 0 heterocycles. The summed E-state index contributed by atoms with van der Waals surface area (Å²) in [6, 6.07) is 0. The second kappa shape index (κ2) is 17.0. The number of nitrogens with zero attached hydrogens (tertiary/aromatic N) is 2. The third kappa shape index (κ3) is 19.5. The lowest BCUT2D eigenvalue weighted by atomic mass is 9.87. The standard InChI is InChI=1S/C30H56N2O9/c1-29(2,27(37)40-23(19-25(33)34)21-31(5,6)7)15-11-13-17-39-18-14-12-16-30(3,4)28(38)41-24(20-26(35)36)22-32(8,9)10/h23-24H,11-22H2,1-10H3. The van der Waals surface area contributed by atoms with Crippen LogP contribution >= 0.6 is 0 Å². The van der Waals surface area contributed by atoms with Gasteiger partial charge >= 0.3 is 11.9 Å². The summed E-state index contributed by atoms with van der Waals surface area (Å²) in [5.41, 5.74) is -1.50. The SMILES string of the molecule is CC(C)(CCCCOCCCCC(C)(C)C(=O)OC(CC(=O)[O-])C[N+](C)(C)C)C(=O)OC(CC(=O)[O-])C[N+](C)(C)C. The molecule has 0 aromatic heterocycles. The zero-order valence-electron chi connectivity index (χ0n) is 27.2. The Kier molecular flexibility index (Phi) is 16.1. The van der Waals surface area contributed by atoms with Gasteiger partial charge in [-0.3, -0.25) is 9.59 Å². The van der Waals surface area contributed by atoms with Crippen LogP contribution < -0.4 is 10.2 Å². The van der Waals surface area contributed by atoms with Gasteiger partial charge in [0.05, 0.1) is 53.1 Å². The van der Waals surface area contributed by atoms with E-state index in [1.54, 1.807) is 27.7 Å². The molecule has 2 unspecified atom stereocenters. The van der Waals surface area contributed by atoms with Crippen molar-refractivity contribution in [3.05, 3.63) is 0 Å². The van der Waals surface area contributed by atoms with Crippen molar-refractivity contribution in [3.63, 3.8) is 0 Å². The zero-order valence-corrected chi connectivity index (χ0v) is 27.2. The number of carbonyl (C=O) groups excluding carboxylic acids is 4. The third-order valence-electron chi connectivity index (χ3n) is 6.62. The van der Waals surface area contributed by atoms with Gasteiger partial charge in [0, 0.05) is 38.0 Å². The molecule has 0 bridgehead atoms. The Hall–Kier alpha value is -2.24. The number of hydrogen-bond acceptors (Lipinski definition) is 9. The molecule has 0 aliphatic heterocycles. The molecule has 240 valence electrons. The second-order valence-electron chi connectivity index (χ2n) is 14.4. The van der Waals surface area contributed by atoms with Gasteiger partial charge in [-0.15, -0.1) is 0 Å². The van der Waals surface area contributed by atoms with E-state index >= 15 is 0 Å². The van der Waals surface area contributed by atoms with E-state index in [0.717, 1.165) is 25.7 Å². The Morgan fingerprint density at radius 2 is 0.927 bits per heavy atom. The van der Waals surface area contributed by atoms with Crippen molar-refractivity contribution in [1.29, 1.82) is 0 Å². The summed E-state index contributed by atoms with van der Waals surface area (Å²) in [4.78, 5) is 47.7. The van der Waals surface area contributed by atoms with E-state index < -0.39 is 46.9 Å². The number of rotatable bonds is 22. The van der Waals surface area contributed by atoms with Gasteiger partial charge < -0.3 is 43.0 Å². The first kappa shape index (κ1) is 38.8. The average Bonchev–Trinajstić information content (AvgIpc) is 2.74. The third-order valence-corrected chi connectivity index (χ3v) is 6.62. The van der Waals surface area contributed by atoms with E-state index in [1.165, 1.54) is 0 Å². The molecule has 0 amide bonds. The van der Waals surface area contributed by atoms with Crippen LogP contribution in [0.1, 0.15) is 79.1 Å². The summed E-state index contributed by atoms with van der Waals surface area (Å²) in [6.45, 7) is 9.04. The molecule has 0 saturated carbocycles. The number of aliphatic carboxylic acids is 2. The van der Waals surface area contributed by atoms with Crippen LogP contribution in [0.25, 0.3) is 0 Å². The number of carboxylic acid groups (broad SMARTS) is 2. The average molecular weight is 589 g/mol. The fourth-order valence-corrected chi connectivity index (χ4v) is 4.35. The zero-order chi connectivity index (χ0) is 32.1. The van der Waals surface area contributed by atoms with Gasteiger partial charge in [-0.2, -0.15) is 0 Å². The predicted molar refractivity (Wildman–Crippen MR) is 151 cm³/mol. The summed E-state index contributed by atoms with van der Waals surface area (Å²) >= 11 is 0. The van der Waals surface area contributed by atoms with Gasteiger partial charge in [0.1, 0.15) is 13.1 Å². The highest BCUT2D eigenvalue weighted by Gasteiger charge is 2.34. The van der Waals surface area contributed by atoms with Gasteiger partial charge in [0.15, 0.2) is 12.2 Å². The molecule has 0 aromatic carbocycles. The number of unbranched alkanes of at least 4 members (excludes halogenated alkanes) is 2. The van der Waals surface area contributed by atoms with Gasteiger partial charge in [0.2, 0.25) is 0 Å². The molecule has 0 saturated heterocycles. The molecule has 0 aromatic rings. The normalized spacial score (nSPS) is 14.3. The highest BCUT2D eigenvalue weighted by atomic mass is 16.6. The van der Waals surface area contributed by atoms with Gasteiger partial charge in [-0.25, -0.2) is 0 Å². The van der Waals surface area contributed by atoms with E-state index in [-0.39, 0.29) is 12.8 Å². The van der Waals surface area contributed by atoms with Crippen molar-refractivity contribution in [3.8, 4) is 0 Å². The highest BCUT2D eigenvalue weighted by Crippen LogP contribution is 2.28. The van der Waals surface area contributed by atoms with Crippen LogP contribution in [0.2, 0.25) is 0 Å². The fraction of sp³-hybridized carbons (Fsp3) is 0.867. The number of likely N-dealkylation sites (N-methyl/N-ethyl adjacent to an activating group) is 2. The Morgan fingerprint density at radius 1 is 0.610 bits per heavy atom. The molecule has 41 heavy (non-hydrogen) atoms. The minimum atomic E-state index is -1.24. The number of esters is 2. The summed E-state index contributed by atoms with van der Waals surface area (Å²) in [7, 11) is 11.4. The molecule has 2 atom stereocenters. The molecular formula is C30H56N2O9. The van der Waals surface area contributed by atoms with Crippen LogP contribution in [0.5, 0.6) is 0 Å². The van der Waals surface area contributed by atoms with E-state index in [9.17, 15) is 29.4 Å². The largest absolute Gasteiger partial charge is 0.550 e. The molecule has 0 N–H and O–H groups in total. The number of quaternary nitrogens is 2. The Morgan fingerprint density at radius 3 is 1.20 bits per heavy atom. The monoisotopic (exact) mass is 588 g/mol. The summed E-state index contributed by atoms with van der Waals surface area (Å²) in [5.74, 6) is -3.31. The number of carboxylic acids is 2. The molecule has 0 spiro atoms. The van der Waals surface area contributed by atoms with E-state index in [0.29, 0.717) is 48.1 Å². The van der Waals surface area contributed by atoms with Crippen LogP contribution in [0.3, 0.4) is 0 Å². The second-order valence-corrected chi connectivity index (χ2v) is 14.4. The molecular weight excluding hydrogens is 532 g/mol. The van der Waals surface area contributed by atoms with Gasteiger partial charge in [0.25, 0.3) is 0 Å². The van der Waals surface area contributed by atoms with E-state index in [1.807, 2.05) is 42.3 Å². The molecule has 0 radical (unpaired) electrons. The maximum absolute atomic E-state index is 12.7. The molecule has 11 nitrogen and oxygen atoms in total. The quantitative estimate of drug-likeness (QED) is 0.102. The number of hydrogen-bond donors (Lipinski definition) is 0. The fourth-order valence-electron chi connectivity index (χ4n) is 4.35. The van der Waals surface area contributed by atoms with Crippen LogP contribution in [0, 0.1) is 10.8 Å². The molecule has 11 heteroatoms. The smallest absolute Gasteiger partial charge is 0.312 e. The van der Waals surface area contributed by atoms with Crippen molar-refractivity contribution in [2.45, 2.75) is 91.3 Å². The molecule has 0 aliphatic carbocycles. The Bertz CT molecular complexity index is 774. The Labute approximate surface area is 247 Å². The molecule has 0 aliphatic rings. The van der Waals surface area contributed by atoms with Crippen LogP contribution in [-0.4, -0.2) is 114 Å². The first-order chi connectivity index (χ1) is 18.5. The van der Waals surface area contributed by atoms with Crippen LogP contribution in [-0.2, 0) is 33.4 Å². The van der Waals surface area contributed by atoms with Crippen molar-refractivity contribution in [2.24, 2.45) is 10.8 Å². The summed E-state index contributed by atoms with van der Waals surface area (Å²) in [6.07, 6.45) is 2.06. The van der Waals surface area contributed by atoms with Crippen molar-refractivity contribution >= 4 is 23.9 Å². The topological polar surface area (TPSA) is 142 Å². The Balaban J connectivity index is 4.39. The molecule has 0 rings (SSSR count). The van der Waals surface area contributed by atoms with Gasteiger partial charge in [-0.1, -0.05) is 12.8 Å². The lowest BCUT2D eigenvalue weighted by Crippen LogP contribution is -2.46. The lowest BCUT2D eigenvalue weighted by Gasteiger charge is -2.31.